The Morgan fingerprint density at radius 1 is 0.921 bits per heavy atom. The molecule has 6 N–H and O–H groups in total. The van der Waals surface area contributed by atoms with Gasteiger partial charge in [0.2, 0.25) is 17.7 Å². The molecule has 0 bridgehead atoms. The number of rotatable bonds is 15. The maximum Gasteiger partial charge on any atom is 0.271 e. The highest BCUT2D eigenvalue weighted by Crippen LogP contribution is 2.36. The number of amides is 5. The van der Waals surface area contributed by atoms with Crippen LogP contribution in [-0.4, -0.2) is 138 Å². The molecule has 3 aromatic rings. The summed E-state index contributed by atoms with van der Waals surface area (Å²) in [5, 5.41) is 12.5. The van der Waals surface area contributed by atoms with Crippen molar-refractivity contribution in [3.63, 3.8) is 0 Å². The number of fused-ring (bicyclic) bond motifs is 1. The number of imide groups is 1. The molecule has 5 amide bonds. The van der Waals surface area contributed by atoms with E-state index < -0.39 is 17.9 Å². The molecular weight excluding hydrogens is 807 g/mol. The van der Waals surface area contributed by atoms with Crippen LogP contribution in [0.25, 0.3) is 0 Å². The number of aryl methyl sites for hydroxylation is 1. The second-order valence-corrected chi connectivity index (χ2v) is 16.9. The number of benzene rings is 2. The van der Waals surface area contributed by atoms with Gasteiger partial charge in [0.1, 0.15) is 11.8 Å². The van der Waals surface area contributed by atoms with E-state index in [0.29, 0.717) is 105 Å². The van der Waals surface area contributed by atoms with Crippen LogP contribution in [0.3, 0.4) is 0 Å². The molecule has 4 fully saturated rings. The molecule has 5 aliphatic heterocycles. The van der Waals surface area contributed by atoms with Gasteiger partial charge in [0, 0.05) is 114 Å². The minimum absolute atomic E-state index is 0.0875. The Hall–Kier alpha value is -6.01. The summed E-state index contributed by atoms with van der Waals surface area (Å²) in [6.45, 7) is 9.17. The maximum absolute atomic E-state index is 13.2. The van der Waals surface area contributed by atoms with E-state index in [9.17, 15) is 24.0 Å². The molecule has 1 unspecified atom stereocenters. The number of hydrogen-bond donors (Lipinski definition) is 5. The van der Waals surface area contributed by atoms with Gasteiger partial charge < -0.3 is 45.9 Å². The number of piperidine rings is 2. The molecule has 5 aliphatic rings. The first-order valence-corrected chi connectivity index (χ1v) is 22.4. The highest BCUT2D eigenvalue weighted by molar-refractivity contribution is 6.05. The van der Waals surface area contributed by atoms with Gasteiger partial charge in [-0.05, 0) is 80.8 Å². The molecule has 336 valence electrons. The Kier molecular flexibility index (Phi) is 13.6. The Bertz CT molecular complexity index is 2200. The summed E-state index contributed by atoms with van der Waals surface area (Å²) in [6, 6.07) is 11.5. The summed E-state index contributed by atoms with van der Waals surface area (Å²) in [5.41, 5.74) is 10.5. The van der Waals surface area contributed by atoms with Crippen molar-refractivity contribution < 1.29 is 33.4 Å². The summed E-state index contributed by atoms with van der Waals surface area (Å²) < 4.78 is 11.4. The van der Waals surface area contributed by atoms with Crippen molar-refractivity contribution in [3.05, 3.63) is 58.9 Å². The van der Waals surface area contributed by atoms with E-state index in [4.69, 9.17) is 20.2 Å². The van der Waals surface area contributed by atoms with Crippen molar-refractivity contribution in [2.45, 2.75) is 89.4 Å². The quantitative estimate of drug-likeness (QED) is 0.110. The third-order valence-electron chi connectivity index (χ3n) is 12.9. The number of hydrogen-bond acceptors (Lipinski definition) is 14. The molecule has 1 aromatic heterocycles. The zero-order valence-electron chi connectivity index (χ0n) is 36.2. The van der Waals surface area contributed by atoms with Crippen LogP contribution < -0.4 is 36.6 Å². The smallest absolute Gasteiger partial charge is 0.271 e. The molecule has 2 aromatic carbocycles. The van der Waals surface area contributed by atoms with Crippen LogP contribution >= 0.6 is 0 Å². The second-order valence-electron chi connectivity index (χ2n) is 16.9. The molecule has 18 heteroatoms. The van der Waals surface area contributed by atoms with E-state index >= 15 is 0 Å². The van der Waals surface area contributed by atoms with E-state index in [2.05, 4.69) is 36.1 Å². The minimum atomic E-state index is -0.654. The van der Waals surface area contributed by atoms with Gasteiger partial charge in [-0.1, -0.05) is 6.92 Å². The van der Waals surface area contributed by atoms with E-state index in [-0.39, 0.29) is 35.9 Å². The molecule has 6 heterocycles. The van der Waals surface area contributed by atoms with Crippen molar-refractivity contribution in [1.29, 1.82) is 0 Å². The third-order valence-corrected chi connectivity index (χ3v) is 12.9. The number of piperazine rings is 1. The normalized spacial score (nSPS) is 20.1. The van der Waals surface area contributed by atoms with Crippen LogP contribution in [0.4, 0.5) is 28.7 Å². The minimum Gasteiger partial charge on any atom is -0.495 e. The molecule has 63 heavy (non-hydrogen) atoms. The third kappa shape index (κ3) is 9.96. The number of nitrogens with zero attached hydrogens (tertiary/aromatic N) is 6. The van der Waals surface area contributed by atoms with Gasteiger partial charge in [-0.3, -0.25) is 34.2 Å². The lowest BCUT2D eigenvalue weighted by Gasteiger charge is -2.43. The van der Waals surface area contributed by atoms with Crippen molar-refractivity contribution in [3.8, 4) is 5.75 Å². The number of carbonyl (C=O) groups is 5. The van der Waals surface area contributed by atoms with Gasteiger partial charge in [-0.15, -0.1) is 0 Å². The Morgan fingerprint density at radius 3 is 2.40 bits per heavy atom. The number of methoxy groups -OCH3 is 1. The van der Waals surface area contributed by atoms with Gasteiger partial charge in [0.25, 0.3) is 11.8 Å². The van der Waals surface area contributed by atoms with E-state index in [0.717, 1.165) is 68.8 Å². The molecular formula is C45H59N11O7. The Balaban J connectivity index is 0.778. The fourth-order valence-electron chi connectivity index (χ4n) is 9.40. The van der Waals surface area contributed by atoms with Crippen molar-refractivity contribution in [2.75, 3.05) is 87.0 Å². The first kappa shape index (κ1) is 43.6. The average molecular weight is 866 g/mol. The monoisotopic (exact) mass is 865 g/mol. The number of nitrogens with one attached hydrogen (secondary N) is 4. The zero-order chi connectivity index (χ0) is 44.0. The predicted molar refractivity (Wildman–Crippen MR) is 237 cm³/mol. The SMILES string of the molecule is CCc1nc(C(N)=O)c(Nc2ccc(N3CCC(N4CCN(C(=O)CCCNc5ccc6c(c5)CN(C5CCC(=O)NC5=O)C6=O)CC4)CC3)c(OC)c2)nc1NC1CCOCC1. The van der Waals surface area contributed by atoms with E-state index in [1.165, 1.54) is 0 Å². The van der Waals surface area contributed by atoms with Gasteiger partial charge in [-0.2, -0.15) is 0 Å². The van der Waals surface area contributed by atoms with Crippen molar-refractivity contribution >= 4 is 58.2 Å². The summed E-state index contributed by atoms with van der Waals surface area (Å²) in [4.78, 5) is 80.5. The highest BCUT2D eigenvalue weighted by atomic mass is 16.5. The van der Waals surface area contributed by atoms with Crippen LogP contribution in [0.2, 0.25) is 0 Å². The molecule has 0 spiro atoms. The molecule has 18 nitrogen and oxygen atoms in total. The number of nitrogens with two attached hydrogens (primary N) is 1. The summed E-state index contributed by atoms with van der Waals surface area (Å²) >= 11 is 0. The molecule has 8 rings (SSSR count). The lowest BCUT2D eigenvalue weighted by Crippen LogP contribution is -2.54. The number of carbonyl (C=O) groups excluding carboxylic acids is 5. The van der Waals surface area contributed by atoms with Gasteiger partial charge >= 0.3 is 0 Å². The maximum atomic E-state index is 13.2. The first-order chi connectivity index (χ1) is 30.6. The lowest BCUT2D eigenvalue weighted by atomic mass is 10.0. The first-order valence-electron chi connectivity index (χ1n) is 22.4. The average Bonchev–Trinajstić information content (AvgIpc) is 3.62. The van der Waals surface area contributed by atoms with Gasteiger partial charge in [-0.25, -0.2) is 9.97 Å². The molecule has 0 saturated carbocycles. The fraction of sp³-hybridized carbons (Fsp3) is 0.533. The second kappa shape index (κ2) is 19.6. The van der Waals surface area contributed by atoms with Crippen LogP contribution in [0, 0.1) is 0 Å². The van der Waals surface area contributed by atoms with Crippen LogP contribution in [0.5, 0.6) is 5.75 Å². The van der Waals surface area contributed by atoms with Gasteiger partial charge in [0.15, 0.2) is 17.3 Å². The van der Waals surface area contributed by atoms with E-state index in [1.54, 1.807) is 18.1 Å². The fourth-order valence-corrected chi connectivity index (χ4v) is 9.40. The lowest BCUT2D eigenvalue weighted by molar-refractivity contribution is -0.137. The molecule has 0 aliphatic carbocycles. The number of aromatic nitrogens is 2. The number of primary amides is 1. The number of anilines is 5. The zero-order valence-corrected chi connectivity index (χ0v) is 36.2. The van der Waals surface area contributed by atoms with E-state index in [1.807, 2.05) is 42.2 Å². The largest absolute Gasteiger partial charge is 0.495 e. The molecule has 1 atom stereocenters. The standard InChI is InChI=1S/C45H59N11O7/c1-3-34-42(48-29-14-23-63-24-15-29)52-43(40(50-34)41(46)59)49-31-7-9-35(37(26-31)62-2)54-17-12-32(13-18-54)53-19-21-55(22-20-53)39(58)5-4-16-47-30-6-8-33-28(25-30)27-56(45(33)61)36-10-11-38(57)51-44(36)60/h6-9,25-26,29,32,36,47H,3-5,10-24,27H2,1-2H3,(H2,46,59)(H2,48,49,52)(H,51,57,60). The summed E-state index contributed by atoms with van der Waals surface area (Å²) in [5.74, 6) is 0.231. The summed E-state index contributed by atoms with van der Waals surface area (Å²) in [6.07, 6.45) is 6.01. The highest BCUT2D eigenvalue weighted by Gasteiger charge is 2.39. The topological polar surface area (TPSA) is 217 Å². The summed E-state index contributed by atoms with van der Waals surface area (Å²) in [7, 11) is 1.66. The Labute approximate surface area is 367 Å². The molecule has 0 radical (unpaired) electrons. The van der Waals surface area contributed by atoms with Crippen LogP contribution in [-0.2, 0) is 32.1 Å². The number of ether oxygens (including phenoxy) is 2. The van der Waals surface area contributed by atoms with Crippen molar-refractivity contribution in [2.24, 2.45) is 5.73 Å². The Morgan fingerprint density at radius 2 is 1.68 bits per heavy atom. The molecule has 4 saturated heterocycles. The van der Waals surface area contributed by atoms with Crippen molar-refractivity contribution in [1.82, 2.24) is 30.0 Å². The van der Waals surface area contributed by atoms with Gasteiger partial charge in [0.05, 0.1) is 18.5 Å². The predicted octanol–water partition coefficient (Wildman–Crippen LogP) is 3.25. The van der Waals surface area contributed by atoms with Crippen LogP contribution in [0.1, 0.15) is 90.4 Å². The van der Waals surface area contributed by atoms with Crippen LogP contribution in [0.15, 0.2) is 36.4 Å².